The molecule has 0 spiro atoms. The minimum atomic E-state index is -0.127. The molecule has 0 saturated carbocycles. The Morgan fingerprint density at radius 3 is 2.39 bits per heavy atom. The highest BCUT2D eigenvalue weighted by Crippen LogP contribution is 2.29. The highest BCUT2D eigenvalue weighted by atomic mass is 16.5. The molecule has 1 saturated heterocycles. The largest absolute Gasteiger partial charge is 0.381 e. The number of benzene rings is 3. The maximum absolute atomic E-state index is 13.6. The van der Waals surface area contributed by atoms with E-state index in [-0.39, 0.29) is 17.2 Å². The number of H-pyrrole nitrogens is 1. The molecular formula is C27H23N3O3. The summed E-state index contributed by atoms with van der Waals surface area (Å²) < 4.78 is 7.24. The van der Waals surface area contributed by atoms with Crippen molar-refractivity contribution in [3.63, 3.8) is 0 Å². The van der Waals surface area contributed by atoms with Crippen molar-refractivity contribution in [2.75, 3.05) is 13.2 Å². The number of nitrogens with zero attached hydrogens (tertiary/aromatic N) is 2. The van der Waals surface area contributed by atoms with Crippen LogP contribution in [0.25, 0.3) is 32.6 Å². The Morgan fingerprint density at radius 1 is 0.879 bits per heavy atom. The maximum atomic E-state index is 13.6. The third kappa shape index (κ3) is 3.43. The molecule has 0 atom stereocenters. The average Bonchev–Trinajstić information content (AvgIpc) is 2.85. The van der Waals surface area contributed by atoms with Crippen molar-refractivity contribution in [2.24, 2.45) is 0 Å². The van der Waals surface area contributed by atoms with Gasteiger partial charge in [-0.2, -0.15) is 0 Å². The summed E-state index contributed by atoms with van der Waals surface area (Å²) in [6.07, 6.45) is 3.86. The van der Waals surface area contributed by atoms with Crippen molar-refractivity contribution in [1.82, 2.24) is 14.5 Å². The Morgan fingerprint density at radius 2 is 1.58 bits per heavy atom. The molecule has 0 amide bonds. The van der Waals surface area contributed by atoms with Crippen molar-refractivity contribution in [3.05, 3.63) is 98.8 Å². The number of para-hydroxylation sites is 1. The molecule has 6 rings (SSSR count). The number of hydrogen-bond donors (Lipinski definition) is 1. The van der Waals surface area contributed by atoms with Crippen LogP contribution in [0.1, 0.15) is 30.0 Å². The van der Waals surface area contributed by atoms with Crippen LogP contribution in [0.5, 0.6) is 0 Å². The quantitative estimate of drug-likeness (QED) is 0.426. The van der Waals surface area contributed by atoms with Crippen LogP contribution in [0.2, 0.25) is 0 Å². The summed E-state index contributed by atoms with van der Waals surface area (Å²) in [7, 11) is 0. The van der Waals surface area contributed by atoms with E-state index in [1.54, 1.807) is 17.0 Å². The van der Waals surface area contributed by atoms with E-state index in [1.807, 2.05) is 48.5 Å². The van der Waals surface area contributed by atoms with Gasteiger partial charge in [0.15, 0.2) is 0 Å². The van der Waals surface area contributed by atoms with Crippen LogP contribution in [-0.4, -0.2) is 27.7 Å². The average molecular weight is 437 g/mol. The Hall–Kier alpha value is -3.77. The molecule has 5 aromatic rings. The van der Waals surface area contributed by atoms with Gasteiger partial charge in [-0.05, 0) is 47.9 Å². The van der Waals surface area contributed by atoms with Gasteiger partial charge in [0.05, 0.1) is 17.2 Å². The van der Waals surface area contributed by atoms with E-state index in [2.05, 4.69) is 11.1 Å². The lowest BCUT2D eigenvalue weighted by Gasteiger charge is -2.24. The summed E-state index contributed by atoms with van der Waals surface area (Å²) in [5, 5.41) is 3.62. The zero-order valence-corrected chi connectivity index (χ0v) is 18.1. The van der Waals surface area contributed by atoms with Gasteiger partial charge in [0, 0.05) is 41.6 Å². The first kappa shape index (κ1) is 19.9. The molecule has 1 N–H and O–H groups in total. The van der Waals surface area contributed by atoms with Crippen molar-refractivity contribution in [1.29, 1.82) is 0 Å². The molecule has 0 unspecified atom stereocenters. The summed E-state index contributed by atoms with van der Waals surface area (Å²) in [6, 6.07) is 19.6. The third-order valence-electron chi connectivity index (χ3n) is 6.68. The SMILES string of the molecule is O=c1cc(Cc2cc3c(=O)n(C4CCOCC4)cnc3c3ccccc23)c2ccccc2[nH]1. The number of hydrogen-bond acceptors (Lipinski definition) is 4. The molecule has 3 heterocycles. The first-order valence-electron chi connectivity index (χ1n) is 11.3. The first-order chi connectivity index (χ1) is 16.2. The number of pyridine rings is 1. The maximum Gasteiger partial charge on any atom is 0.261 e. The van der Waals surface area contributed by atoms with Crippen LogP contribution in [0.4, 0.5) is 0 Å². The van der Waals surface area contributed by atoms with Crippen molar-refractivity contribution >= 4 is 32.6 Å². The molecule has 3 aromatic carbocycles. The molecule has 0 aliphatic carbocycles. The number of nitrogens with one attached hydrogen (secondary N) is 1. The zero-order valence-electron chi connectivity index (χ0n) is 18.1. The minimum Gasteiger partial charge on any atom is -0.381 e. The third-order valence-corrected chi connectivity index (χ3v) is 6.68. The topological polar surface area (TPSA) is 77.0 Å². The Labute approximate surface area is 189 Å². The minimum absolute atomic E-state index is 0.0188. The van der Waals surface area contributed by atoms with Crippen LogP contribution >= 0.6 is 0 Å². The second kappa shape index (κ2) is 7.98. The fourth-order valence-corrected chi connectivity index (χ4v) is 5.05. The van der Waals surface area contributed by atoms with Gasteiger partial charge in [-0.3, -0.25) is 14.2 Å². The molecule has 1 aliphatic rings. The van der Waals surface area contributed by atoms with E-state index in [0.29, 0.717) is 25.0 Å². The summed E-state index contributed by atoms with van der Waals surface area (Å²) in [4.78, 5) is 33.5. The van der Waals surface area contributed by atoms with E-state index in [1.165, 1.54) is 0 Å². The van der Waals surface area contributed by atoms with Gasteiger partial charge in [-0.15, -0.1) is 0 Å². The predicted octanol–water partition coefficient (Wildman–Crippen LogP) is 4.33. The molecule has 1 aliphatic heterocycles. The smallest absolute Gasteiger partial charge is 0.261 e. The molecule has 0 bridgehead atoms. The molecule has 2 aromatic heterocycles. The van der Waals surface area contributed by atoms with Gasteiger partial charge in [-0.1, -0.05) is 42.5 Å². The number of ether oxygens (including phenoxy) is 1. The van der Waals surface area contributed by atoms with Gasteiger partial charge < -0.3 is 9.72 Å². The number of aromatic amines is 1. The Balaban J connectivity index is 1.58. The van der Waals surface area contributed by atoms with Gasteiger partial charge in [0.2, 0.25) is 5.56 Å². The van der Waals surface area contributed by atoms with E-state index >= 15 is 0 Å². The van der Waals surface area contributed by atoms with Crippen LogP contribution in [0.15, 0.2) is 76.6 Å². The summed E-state index contributed by atoms with van der Waals surface area (Å²) in [5.41, 5.74) is 3.34. The standard InChI is InChI=1S/C27H23N3O3/c31-25-15-18(21-6-3-4-8-24(21)29-25)13-17-14-23-26(22-7-2-1-5-20(17)22)28-16-30(27(23)32)19-9-11-33-12-10-19/h1-8,14-16,19H,9-13H2,(H,29,31). The summed E-state index contributed by atoms with van der Waals surface area (Å²) >= 11 is 0. The summed E-state index contributed by atoms with van der Waals surface area (Å²) in [6.45, 7) is 1.32. The molecular weight excluding hydrogens is 414 g/mol. The Kier molecular flexibility index (Phi) is 4.80. The molecule has 33 heavy (non-hydrogen) atoms. The van der Waals surface area contributed by atoms with E-state index in [4.69, 9.17) is 9.72 Å². The van der Waals surface area contributed by atoms with Crippen LogP contribution in [0.3, 0.4) is 0 Å². The molecule has 1 fully saturated rings. The second-order valence-corrected chi connectivity index (χ2v) is 8.66. The van der Waals surface area contributed by atoms with Gasteiger partial charge >= 0.3 is 0 Å². The van der Waals surface area contributed by atoms with Gasteiger partial charge in [0.1, 0.15) is 0 Å². The monoisotopic (exact) mass is 437 g/mol. The van der Waals surface area contributed by atoms with E-state index in [0.717, 1.165) is 51.2 Å². The van der Waals surface area contributed by atoms with Crippen LogP contribution in [-0.2, 0) is 11.2 Å². The molecule has 6 nitrogen and oxygen atoms in total. The predicted molar refractivity (Wildman–Crippen MR) is 130 cm³/mol. The normalized spacial score (nSPS) is 14.9. The zero-order chi connectivity index (χ0) is 22.4. The first-order valence-corrected chi connectivity index (χ1v) is 11.3. The van der Waals surface area contributed by atoms with E-state index in [9.17, 15) is 9.59 Å². The van der Waals surface area contributed by atoms with Crippen molar-refractivity contribution in [2.45, 2.75) is 25.3 Å². The number of rotatable bonds is 3. The van der Waals surface area contributed by atoms with Gasteiger partial charge in [-0.25, -0.2) is 4.98 Å². The highest BCUT2D eigenvalue weighted by Gasteiger charge is 2.19. The fourth-order valence-electron chi connectivity index (χ4n) is 5.05. The van der Waals surface area contributed by atoms with Crippen molar-refractivity contribution in [3.8, 4) is 0 Å². The highest BCUT2D eigenvalue weighted by molar-refractivity contribution is 6.06. The van der Waals surface area contributed by atoms with Crippen LogP contribution < -0.4 is 11.1 Å². The van der Waals surface area contributed by atoms with Gasteiger partial charge in [0.25, 0.3) is 5.56 Å². The lowest BCUT2D eigenvalue weighted by Crippen LogP contribution is -2.29. The number of aromatic nitrogens is 3. The van der Waals surface area contributed by atoms with Crippen LogP contribution in [0, 0.1) is 0 Å². The van der Waals surface area contributed by atoms with Crippen molar-refractivity contribution < 1.29 is 4.74 Å². The molecule has 0 radical (unpaired) electrons. The lowest BCUT2D eigenvalue weighted by atomic mass is 9.94. The van der Waals surface area contributed by atoms with E-state index < -0.39 is 0 Å². The fraction of sp³-hybridized carbons (Fsp3) is 0.222. The molecule has 6 heteroatoms. The number of fused-ring (bicyclic) bond motifs is 4. The summed E-state index contributed by atoms with van der Waals surface area (Å²) in [5.74, 6) is 0. The Bertz CT molecular complexity index is 1630. The second-order valence-electron chi connectivity index (χ2n) is 8.66. The molecule has 164 valence electrons. The lowest BCUT2D eigenvalue weighted by molar-refractivity contribution is 0.0685.